The van der Waals surface area contributed by atoms with Gasteiger partial charge in [0.1, 0.15) is 11.5 Å². The number of fused-ring (bicyclic) bond motifs is 2. The van der Waals surface area contributed by atoms with Gasteiger partial charge in [-0.25, -0.2) is 0 Å². The van der Waals surface area contributed by atoms with Crippen molar-refractivity contribution < 1.29 is 9.47 Å². The number of hydrogen-bond donors (Lipinski definition) is 1. The summed E-state index contributed by atoms with van der Waals surface area (Å²) in [6, 6.07) is 5.18. The van der Waals surface area contributed by atoms with Crippen molar-refractivity contribution >= 4 is 0 Å². The van der Waals surface area contributed by atoms with E-state index < -0.39 is 0 Å². The molecule has 2 atom stereocenters. The van der Waals surface area contributed by atoms with Crippen LogP contribution in [-0.2, 0) is 12.8 Å². The van der Waals surface area contributed by atoms with Gasteiger partial charge in [0.05, 0.1) is 14.2 Å². The monoisotopic (exact) mass is 290 g/mol. The molecule has 0 spiro atoms. The van der Waals surface area contributed by atoms with Crippen molar-refractivity contribution in [2.24, 2.45) is 0 Å². The number of piperazine rings is 1. The third-order valence-electron chi connectivity index (χ3n) is 4.87. The summed E-state index contributed by atoms with van der Waals surface area (Å²) in [6.45, 7) is 5.68. The van der Waals surface area contributed by atoms with Crippen LogP contribution in [0.2, 0.25) is 0 Å². The summed E-state index contributed by atoms with van der Waals surface area (Å²) in [6.07, 6.45) is 3.29. The zero-order valence-electron chi connectivity index (χ0n) is 13.3. The van der Waals surface area contributed by atoms with Crippen molar-refractivity contribution in [1.82, 2.24) is 10.2 Å². The fraction of sp³-hybridized carbons (Fsp3) is 0.647. The highest BCUT2D eigenvalue weighted by atomic mass is 16.5. The minimum absolute atomic E-state index is 0.527. The Labute approximate surface area is 127 Å². The van der Waals surface area contributed by atoms with Gasteiger partial charge < -0.3 is 14.8 Å². The minimum Gasteiger partial charge on any atom is -0.496 e. The highest BCUT2D eigenvalue weighted by molar-refractivity contribution is 5.51. The van der Waals surface area contributed by atoms with Crippen LogP contribution in [0.1, 0.15) is 24.5 Å². The molecule has 1 aromatic carbocycles. The number of nitrogens with zero attached hydrogens (tertiary/aromatic N) is 1. The van der Waals surface area contributed by atoms with E-state index in [1.165, 1.54) is 24.1 Å². The summed E-state index contributed by atoms with van der Waals surface area (Å²) in [5, 5.41) is 3.70. The summed E-state index contributed by atoms with van der Waals surface area (Å²) >= 11 is 0. The fourth-order valence-electron chi connectivity index (χ4n) is 3.90. The second-order valence-electron chi connectivity index (χ2n) is 6.00. The molecule has 0 saturated carbocycles. The molecule has 0 bridgehead atoms. The molecule has 1 saturated heterocycles. The Hall–Kier alpha value is -1.26. The number of rotatable bonds is 4. The van der Waals surface area contributed by atoms with Crippen LogP contribution in [0.4, 0.5) is 0 Å². The largest absolute Gasteiger partial charge is 0.496 e. The summed E-state index contributed by atoms with van der Waals surface area (Å²) in [7, 11) is 3.52. The Morgan fingerprint density at radius 2 is 1.81 bits per heavy atom. The van der Waals surface area contributed by atoms with Gasteiger partial charge in [0.2, 0.25) is 0 Å². The summed E-state index contributed by atoms with van der Waals surface area (Å²) < 4.78 is 11.2. The van der Waals surface area contributed by atoms with Crippen LogP contribution in [0.5, 0.6) is 11.5 Å². The molecule has 1 aliphatic carbocycles. The van der Waals surface area contributed by atoms with Gasteiger partial charge in [0.15, 0.2) is 0 Å². The van der Waals surface area contributed by atoms with Gasteiger partial charge >= 0.3 is 0 Å². The van der Waals surface area contributed by atoms with Crippen LogP contribution in [0.15, 0.2) is 12.1 Å². The first kappa shape index (κ1) is 14.7. The fourth-order valence-corrected chi connectivity index (χ4v) is 3.90. The maximum Gasteiger partial charge on any atom is 0.122 e. The minimum atomic E-state index is 0.527. The summed E-state index contributed by atoms with van der Waals surface area (Å²) in [4.78, 5) is 2.64. The second-order valence-corrected chi connectivity index (χ2v) is 6.00. The molecule has 1 aromatic rings. The molecule has 0 aromatic heterocycles. The molecule has 2 unspecified atom stereocenters. The summed E-state index contributed by atoms with van der Waals surface area (Å²) in [5.41, 5.74) is 2.66. The Kier molecular flexibility index (Phi) is 4.36. The first-order chi connectivity index (χ1) is 10.3. The average Bonchev–Trinajstić information content (AvgIpc) is 2.52. The van der Waals surface area contributed by atoms with E-state index in [-0.39, 0.29) is 0 Å². The lowest BCUT2D eigenvalue weighted by molar-refractivity contribution is 0.110. The highest BCUT2D eigenvalue weighted by Gasteiger charge is 2.37. The van der Waals surface area contributed by atoms with Gasteiger partial charge in [0.25, 0.3) is 0 Å². The first-order valence-corrected chi connectivity index (χ1v) is 7.98. The topological polar surface area (TPSA) is 33.7 Å². The molecule has 2 aliphatic rings. The number of nitrogens with one attached hydrogen (secondary N) is 1. The highest BCUT2D eigenvalue weighted by Crippen LogP contribution is 2.38. The van der Waals surface area contributed by atoms with E-state index >= 15 is 0 Å². The molecule has 3 rings (SSSR count). The van der Waals surface area contributed by atoms with Gasteiger partial charge in [-0.05, 0) is 37.9 Å². The molecule has 21 heavy (non-hydrogen) atoms. The molecule has 0 radical (unpaired) electrons. The van der Waals surface area contributed by atoms with E-state index in [9.17, 15) is 0 Å². The zero-order chi connectivity index (χ0) is 14.8. The smallest absolute Gasteiger partial charge is 0.122 e. The molecule has 1 fully saturated rings. The Morgan fingerprint density at radius 3 is 2.43 bits per heavy atom. The maximum absolute atomic E-state index is 5.59. The van der Waals surface area contributed by atoms with Crippen molar-refractivity contribution in [3.8, 4) is 11.5 Å². The molecule has 1 aliphatic heterocycles. The van der Waals surface area contributed by atoms with Crippen molar-refractivity contribution in [2.75, 3.05) is 33.9 Å². The predicted molar refractivity (Wildman–Crippen MR) is 84.4 cm³/mol. The maximum atomic E-state index is 5.59. The molecule has 1 N–H and O–H groups in total. The standard InChI is InChI=1S/C17H26N2O2/c1-4-8-19-9-7-18-14-10-12-13(11-15(14)19)17(21-3)6-5-16(12)20-2/h5-6,14-15,18H,4,7-11H2,1-3H3. The number of benzene rings is 1. The molecular weight excluding hydrogens is 264 g/mol. The van der Waals surface area contributed by atoms with Crippen LogP contribution in [-0.4, -0.2) is 50.8 Å². The molecule has 0 amide bonds. The third kappa shape index (κ3) is 2.62. The molecule has 1 heterocycles. The van der Waals surface area contributed by atoms with Crippen LogP contribution in [0.25, 0.3) is 0 Å². The van der Waals surface area contributed by atoms with Gasteiger partial charge in [-0.15, -0.1) is 0 Å². The Bertz CT molecular complexity index is 502. The van der Waals surface area contributed by atoms with E-state index in [0.29, 0.717) is 12.1 Å². The molecule has 4 nitrogen and oxygen atoms in total. The number of methoxy groups -OCH3 is 2. The lowest BCUT2D eigenvalue weighted by Crippen LogP contribution is -2.61. The Morgan fingerprint density at radius 1 is 1.14 bits per heavy atom. The Balaban J connectivity index is 1.96. The van der Waals surface area contributed by atoms with E-state index in [2.05, 4.69) is 17.1 Å². The normalized spacial score (nSPS) is 25.1. The van der Waals surface area contributed by atoms with Gasteiger partial charge in [0, 0.05) is 36.3 Å². The second kappa shape index (κ2) is 6.24. The number of hydrogen-bond acceptors (Lipinski definition) is 4. The molecule has 116 valence electrons. The van der Waals surface area contributed by atoms with Crippen molar-refractivity contribution in [3.05, 3.63) is 23.3 Å². The third-order valence-corrected chi connectivity index (χ3v) is 4.87. The van der Waals surface area contributed by atoms with Crippen LogP contribution < -0.4 is 14.8 Å². The lowest BCUT2D eigenvalue weighted by atomic mass is 9.81. The van der Waals surface area contributed by atoms with Gasteiger partial charge in [-0.1, -0.05) is 6.92 Å². The average molecular weight is 290 g/mol. The first-order valence-electron chi connectivity index (χ1n) is 7.98. The zero-order valence-corrected chi connectivity index (χ0v) is 13.3. The SMILES string of the molecule is CCCN1CCNC2Cc3c(OC)ccc(OC)c3CC21. The summed E-state index contributed by atoms with van der Waals surface area (Å²) in [5.74, 6) is 2.00. The van der Waals surface area contributed by atoms with Crippen LogP contribution in [0.3, 0.4) is 0 Å². The molecule has 4 heteroatoms. The van der Waals surface area contributed by atoms with E-state index in [1.54, 1.807) is 14.2 Å². The number of ether oxygens (including phenoxy) is 2. The quantitative estimate of drug-likeness (QED) is 0.918. The van der Waals surface area contributed by atoms with Crippen molar-refractivity contribution in [2.45, 2.75) is 38.3 Å². The van der Waals surface area contributed by atoms with Gasteiger partial charge in [-0.3, -0.25) is 4.90 Å². The van der Waals surface area contributed by atoms with E-state index in [0.717, 1.165) is 37.4 Å². The lowest BCUT2D eigenvalue weighted by Gasteiger charge is -2.45. The van der Waals surface area contributed by atoms with E-state index in [1.807, 2.05) is 12.1 Å². The van der Waals surface area contributed by atoms with Crippen LogP contribution in [0, 0.1) is 0 Å². The van der Waals surface area contributed by atoms with E-state index in [4.69, 9.17) is 9.47 Å². The van der Waals surface area contributed by atoms with Gasteiger partial charge in [-0.2, -0.15) is 0 Å². The van der Waals surface area contributed by atoms with Crippen LogP contribution >= 0.6 is 0 Å². The van der Waals surface area contributed by atoms with Crippen molar-refractivity contribution in [3.63, 3.8) is 0 Å². The van der Waals surface area contributed by atoms with Crippen molar-refractivity contribution in [1.29, 1.82) is 0 Å². The molecular formula is C17H26N2O2. The predicted octanol–water partition coefficient (Wildman–Crippen LogP) is 1.85.